The molecule has 6 atom stereocenters. The maximum atomic E-state index is 14.5. The molecule has 0 aromatic heterocycles. The van der Waals surface area contributed by atoms with Gasteiger partial charge in [-0.25, -0.2) is 9.00 Å². The van der Waals surface area contributed by atoms with Gasteiger partial charge in [-0.3, -0.25) is 9.52 Å². The van der Waals surface area contributed by atoms with Crippen LogP contribution in [0.3, 0.4) is 0 Å². The van der Waals surface area contributed by atoms with E-state index in [1.807, 2.05) is 25.1 Å². The van der Waals surface area contributed by atoms with E-state index in [2.05, 4.69) is 38.3 Å². The number of aryl methyl sites for hydroxylation is 1. The first-order valence-electron chi connectivity index (χ1n) is 18.0. The number of hydrogen-bond donors (Lipinski definition) is 2. The summed E-state index contributed by atoms with van der Waals surface area (Å²) in [4.78, 5) is 31.1. The summed E-state index contributed by atoms with van der Waals surface area (Å²) in [6, 6.07) is 10.9. The largest absolute Gasteiger partial charge is 0.490 e. The second kappa shape index (κ2) is 14.3. The zero-order chi connectivity index (χ0) is 36.0. The lowest BCUT2D eigenvalue weighted by atomic mass is 9.68. The van der Waals surface area contributed by atoms with Gasteiger partial charge >= 0.3 is 6.03 Å². The number of benzene rings is 2. The van der Waals surface area contributed by atoms with E-state index < -0.39 is 27.5 Å². The number of methoxy groups -OCH3 is 2. The van der Waals surface area contributed by atoms with E-state index in [9.17, 15) is 18.9 Å². The molecule has 2 bridgehead atoms. The Morgan fingerprint density at radius 3 is 2.73 bits per heavy atom. The molecule has 2 aromatic carbocycles. The van der Waals surface area contributed by atoms with Crippen LogP contribution < -0.4 is 14.4 Å². The summed E-state index contributed by atoms with van der Waals surface area (Å²) in [6.07, 6.45) is 9.77. The van der Waals surface area contributed by atoms with Gasteiger partial charge in [0.15, 0.2) is 0 Å². The van der Waals surface area contributed by atoms with E-state index in [-0.39, 0.29) is 48.4 Å². The number of anilines is 1. The number of ether oxygens (including phenoxy) is 3. The third-order valence-electron chi connectivity index (χ3n) is 11.7. The van der Waals surface area contributed by atoms with Crippen LogP contribution in [-0.4, -0.2) is 97.2 Å². The average molecular weight is 741 g/mol. The number of amides is 3. The van der Waals surface area contributed by atoms with Crippen molar-refractivity contribution in [2.75, 3.05) is 64.3 Å². The van der Waals surface area contributed by atoms with Crippen LogP contribution in [0.5, 0.6) is 5.75 Å². The van der Waals surface area contributed by atoms with Crippen LogP contribution in [0.2, 0.25) is 5.02 Å². The number of aliphatic hydroxyl groups is 1. The first-order chi connectivity index (χ1) is 24.5. The molecular weight excluding hydrogens is 692 g/mol. The highest BCUT2D eigenvalue weighted by Gasteiger charge is 2.47. The first-order valence-corrected chi connectivity index (χ1v) is 20.1. The van der Waals surface area contributed by atoms with Gasteiger partial charge in [-0.1, -0.05) is 36.7 Å². The molecule has 51 heavy (non-hydrogen) atoms. The predicted molar refractivity (Wildman–Crippen MR) is 197 cm³/mol. The number of carbonyl (C=O) groups excluding carboxylic acids is 2. The van der Waals surface area contributed by atoms with E-state index in [0.29, 0.717) is 37.2 Å². The fraction of sp³-hybridized carbons (Fsp3) is 0.579. The molecule has 5 aliphatic rings. The molecule has 7 rings (SSSR count). The SMILES string of the molecule is CO[C@H]1/C=C/C[C@H](C)C[S@@](=O)(NC(=O)N2CC(CO)(OC)C2)=NC(=O)c2ccc3c(c2)N(C[C@@H]2CC[C@H]21)C[C@@]1(CCCc2cc(Cl)ccc21)CO3. The van der Waals surface area contributed by atoms with Crippen LogP contribution in [-0.2, 0) is 31.2 Å². The summed E-state index contributed by atoms with van der Waals surface area (Å²) < 4.78 is 39.4. The molecule has 11 nitrogen and oxygen atoms in total. The van der Waals surface area contributed by atoms with Crippen LogP contribution >= 0.6 is 11.6 Å². The Morgan fingerprint density at radius 1 is 1.18 bits per heavy atom. The number of aliphatic hydroxyl groups excluding tert-OH is 1. The summed E-state index contributed by atoms with van der Waals surface area (Å²) in [7, 11) is -0.321. The average Bonchev–Trinajstić information content (AvgIpc) is 3.22. The zero-order valence-corrected chi connectivity index (χ0v) is 31.2. The number of nitrogens with zero attached hydrogens (tertiary/aromatic N) is 3. The Labute approximate surface area is 306 Å². The molecule has 13 heteroatoms. The molecule has 276 valence electrons. The quantitative estimate of drug-likeness (QED) is 0.400. The summed E-state index contributed by atoms with van der Waals surface area (Å²) in [5, 5.41) is 10.5. The number of urea groups is 1. The lowest BCUT2D eigenvalue weighted by molar-refractivity contribution is -0.131. The van der Waals surface area contributed by atoms with Gasteiger partial charge in [0.1, 0.15) is 21.3 Å². The molecule has 2 fully saturated rings. The minimum Gasteiger partial charge on any atom is -0.490 e. The Bertz CT molecular complexity index is 1820. The number of likely N-dealkylation sites (tertiary alicyclic amines) is 1. The van der Waals surface area contributed by atoms with Gasteiger partial charge in [0.2, 0.25) is 0 Å². The van der Waals surface area contributed by atoms with Crippen molar-refractivity contribution in [3.05, 3.63) is 70.3 Å². The summed E-state index contributed by atoms with van der Waals surface area (Å²) in [5.41, 5.74) is 2.48. The topological polar surface area (TPSA) is 130 Å². The molecule has 1 spiro atoms. The van der Waals surface area contributed by atoms with Crippen molar-refractivity contribution < 1.29 is 33.1 Å². The lowest BCUT2D eigenvalue weighted by Gasteiger charge is -2.47. The maximum absolute atomic E-state index is 14.5. The molecule has 0 unspecified atom stereocenters. The third kappa shape index (κ3) is 7.14. The third-order valence-corrected chi connectivity index (χ3v) is 13.9. The molecule has 3 aliphatic heterocycles. The van der Waals surface area contributed by atoms with Crippen molar-refractivity contribution in [3.8, 4) is 5.75 Å². The van der Waals surface area contributed by atoms with Gasteiger partial charge in [-0.2, -0.15) is 0 Å². The number of allylic oxidation sites excluding steroid dienone is 1. The van der Waals surface area contributed by atoms with Crippen molar-refractivity contribution in [1.82, 2.24) is 9.62 Å². The molecule has 2 N–H and O–H groups in total. The Morgan fingerprint density at radius 2 is 2.00 bits per heavy atom. The van der Waals surface area contributed by atoms with Crippen molar-refractivity contribution in [1.29, 1.82) is 0 Å². The van der Waals surface area contributed by atoms with E-state index in [1.54, 1.807) is 13.2 Å². The van der Waals surface area contributed by atoms with Gasteiger partial charge < -0.3 is 29.1 Å². The van der Waals surface area contributed by atoms with Gasteiger partial charge in [0.25, 0.3) is 5.91 Å². The summed E-state index contributed by atoms with van der Waals surface area (Å²) in [5.74, 6) is 0.544. The number of carbonyl (C=O) groups is 2. The van der Waals surface area contributed by atoms with Crippen LogP contribution in [0, 0.1) is 17.8 Å². The number of hydrogen-bond acceptors (Lipinski definition) is 8. The van der Waals surface area contributed by atoms with Crippen LogP contribution in [0.15, 0.2) is 52.9 Å². The maximum Gasteiger partial charge on any atom is 0.330 e. The van der Waals surface area contributed by atoms with Crippen molar-refractivity contribution in [2.24, 2.45) is 22.1 Å². The Hall–Kier alpha value is -3.16. The van der Waals surface area contributed by atoms with Gasteiger partial charge in [0.05, 0.1) is 43.8 Å². The Kier molecular flexibility index (Phi) is 10.2. The smallest absolute Gasteiger partial charge is 0.330 e. The normalized spacial score (nSPS) is 32.2. The lowest BCUT2D eigenvalue weighted by Crippen LogP contribution is -2.68. The highest BCUT2D eigenvalue weighted by Crippen LogP contribution is 2.47. The predicted octanol–water partition coefficient (Wildman–Crippen LogP) is 5.38. The highest BCUT2D eigenvalue weighted by molar-refractivity contribution is 7.92. The van der Waals surface area contributed by atoms with Crippen LogP contribution in [0.4, 0.5) is 10.5 Å². The van der Waals surface area contributed by atoms with E-state index in [0.717, 1.165) is 49.4 Å². The molecule has 1 saturated carbocycles. The fourth-order valence-electron chi connectivity index (χ4n) is 8.65. The molecule has 1 saturated heterocycles. The molecular formula is C38H49ClN4O7S. The van der Waals surface area contributed by atoms with E-state index >= 15 is 0 Å². The molecule has 2 aliphatic carbocycles. The van der Waals surface area contributed by atoms with Crippen LogP contribution in [0.25, 0.3) is 0 Å². The summed E-state index contributed by atoms with van der Waals surface area (Å²) >= 11 is 6.45. The van der Waals surface area contributed by atoms with Gasteiger partial charge in [-0.15, -0.1) is 4.36 Å². The second-order valence-corrected chi connectivity index (χ2v) is 17.7. The molecule has 3 amide bonds. The standard InChI is InChI=1S/C38H49ClN4O7S/c1-25-6-4-8-33(48-2)30-12-9-28(30)18-42-20-37(15-5-7-26-16-29(39)11-13-31(26)37)24-50-34-14-10-27(17-32(34)42)35(45)40-51(47,19-25)41-36(46)43-21-38(22-43,23-44)49-3/h4,8,10-11,13-14,16-17,25,28,30,33,44H,5-7,9,12,15,18-24H2,1-3H3,(H,40,41,45,46,47)/b8-4+/t25-,28-,30+,33-,37-,51-/m0/s1. The molecule has 3 heterocycles. The van der Waals surface area contributed by atoms with Crippen molar-refractivity contribution >= 4 is 39.1 Å². The first kappa shape index (κ1) is 36.2. The fourth-order valence-corrected chi connectivity index (χ4v) is 10.7. The Balaban J connectivity index is 1.27. The number of fused-ring (bicyclic) bond motifs is 4. The van der Waals surface area contributed by atoms with E-state index in [4.69, 9.17) is 25.8 Å². The van der Waals surface area contributed by atoms with E-state index in [1.165, 1.54) is 23.1 Å². The summed E-state index contributed by atoms with van der Waals surface area (Å²) in [6.45, 7) is 3.92. The minimum atomic E-state index is -3.55. The number of rotatable bonds is 4. The molecule has 0 radical (unpaired) electrons. The number of halogens is 1. The van der Waals surface area contributed by atoms with Crippen molar-refractivity contribution in [2.45, 2.75) is 62.6 Å². The van der Waals surface area contributed by atoms with Crippen molar-refractivity contribution in [3.63, 3.8) is 0 Å². The second-order valence-electron chi connectivity index (χ2n) is 15.3. The molecule has 2 aromatic rings. The monoisotopic (exact) mass is 740 g/mol. The minimum absolute atomic E-state index is 0.0199. The highest BCUT2D eigenvalue weighted by atomic mass is 35.5. The van der Waals surface area contributed by atoms with Gasteiger partial charge in [-0.05, 0) is 97.7 Å². The zero-order valence-electron chi connectivity index (χ0n) is 29.6. The number of nitrogens with one attached hydrogen (secondary N) is 1. The van der Waals surface area contributed by atoms with Gasteiger partial charge in [0, 0.05) is 43.3 Å². The van der Waals surface area contributed by atoms with Crippen LogP contribution in [0.1, 0.15) is 60.5 Å².